The number of carbonyl (C=O) groups excluding carboxylic acids is 2. The van der Waals surface area contributed by atoms with E-state index < -0.39 is 18.0 Å². The molecule has 0 aliphatic rings. The third-order valence-corrected chi connectivity index (χ3v) is 0.962. The van der Waals surface area contributed by atoms with Gasteiger partial charge in [0.1, 0.15) is 0 Å². The molecule has 0 aromatic heterocycles. The van der Waals surface area contributed by atoms with Crippen LogP contribution in [-0.2, 0) is 26.7 Å². The first-order valence-corrected chi connectivity index (χ1v) is 2.70. The van der Waals surface area contributed by atoms with Gasteiger partial charge in [0.2, 0.25) is 0 Å². The molecule has 0 heterocycles. The van der Waals surface area contributed by atoms with Crippen molar-refractivity contribution in [3.05, 3.63) is 0 Å². The van der Waals surface area contributed by atoms with E-state index >= 15 is 0 Å². The number of hydrogen-bond acceptors (Lipinski definition) is 5. The van der Waals surface area contributed by atoms with Crippen LogP contribution in [0.1, 0.15) is 12.8 Å². The van der Waals surface area contributed by atoms with E-state index in [9.17, 15) is 19.8 Å². The molecule has 1 radical (unpaired) electrons. The Hall–Kier alpha value is -0.661. The Kier molecular flexibility index (Phi) is 19.9. The van der Waals surface area contributed by atoms with Crippen molar-refractivity contribution in [3.8, 4) is 0 Å². The summed E-state index contributed by atoms with van der Waals surface area (Å²) in [5.41, 5.74) is 4.91. The Morgan fingerprint density at radius 1 is 1.23 bits per heavy atom. The number of carboxylic acid groups (broad SMARTS) is 2. The summed E-state index contributed by atoms with van der Waals surface area (Å²) in [5, 5.41) is 19.6. The molecule has 0 saturated heterocycles. The zero-order valence-electron chi connectivity index (χ0n) is 6.50. The van der Waals surface area contributed by atoms with Crippen LogP contribution < -0.4 is 15.9 Å². The van der Waals surface area contributed by atoms with Gasteiger partial charge < -0.3 is 36.5 Å². The van der Waals surface area contributed by atoms with E-state index in [1.54, 1.807) is 0 Å². The second-order valence-corrected chi connectivity index (χ2v) is 1.84. The van der Waals surface area contributed by atoms with Gasteiger partial charge in [0.25, 0.3) is 0 Å². The maximum Gasteiger partial charge on any atom is 2.00 e. The topological polar surface area (TPSA) is 169 Å². The quantitative estimate of drug-likeness (QED) is 0.487. The first kappa shape index (κ1) is 22.8. The van der Waals surface area contributed by atoms with Gasteiger partial charge in [-0.1, -0.05) is 0 Å². The molecule has 8 heteroatoms. The van der Waals surface area contributed by atoms with Crippen LogP contribution in [0.2, 0.25) is 0 Å². The van der Waals surface area contributed by atoms with Crippen LogP contribution in [0, 0.1) is 0 Å². The molecule has 13 heavy (non-hydrogen) atoms. The average molecular weight is 245 g/mol. The van der Waals surface area contributed by atoms with Crippen molar-refractivity contribution >= 4 is 11.9 Å². The smallest absolute Gasteiger partial charge is 0.550 e. The summed E-state index contributed by atoms with van der Waals surface area (Å²) in [4.78, 5) is 19.6. The summed E-state index contributed by atoms with van der Waals surface area (Å²) in [7, 11) is 0. The van der Waals surface area contributed by atoms with Gasteiger partial charge in [0.15, 0.2) is 0 Å². The van der Waals surface area contributed by atoms with Gasteiger partial charge in [-0.25, -0.2) is 0 Å². The first-order valence-electron chi connectivity index (χ1n) is 2.70. The van der Waals surface area contributed by atoms with Gasteiger partial charge in [-0.05, 0) is 12.8 Å². The van der Waals surface area contributed by atoms with Crippen molar-refractivity contribution in [2.75, 3.05) is 0 Å². The molecule has 0 amide bonds. The zero-order valence-corrected chi connectivity index (χ0v) is 7.45. The number of hydrogen-bond donors (Lipinski definition) is 1. The molecular formula is C5H11CuNO6. The SMILES string of the molecule is N[C@@H](CCC(=O)[O-])C(=O)[O-].O.O.[Cu+2]. The van der Waals surface area contributed by atoms with Crippen molar-refractivity contribution in [1.29, 1.82) is 0 Å². The van der Waals surface area contributed by atoms with Crippen LogP contribution in [0.15, 0.2) is 0 Å². The first-order chi connectivity index (χ1) is 4.54. The minimum Gasteiger partial charge on any atom is -0.550 e. The van der Waals surface area contributed by atoms with Crippen molar-refractivity contribution < 1.29 is 47.8 Å². The summed E-state index contributed by atoms with van der Waals surface area (Å²) >= 11 is 0. The summed E-state index contributed by atoms with van der Waals surface area (Å²) < 4.78 is 0. The normalized spacial score (nSPS) is 9.62. The van der Waals surface area contributed by atoms with Crippen LogP contribution in [0.4, 0.5) is 0 Å². The van der Waals surface area contributed by atoms with Crippen LogP contribution >= 0.6 is 0 Å². The number of carboxylic acids is 2. The van der Waals surface area contributed by atoms with E-state index in [0.717, 1.165) is 0 Å². The molecule has 0 aliphatic heterocycles. The molecular weight excluding hydrogens is 234 g/mol. The predicted octanol–water partition coefficient (Wildman–Crippen LogP) is -5.06. The molecule has 0 spiro atoms. The van der Waals surface area contributed by atoms with E-state index in [2.05, 4.69) is 0 Å². The fourth-order valence-electron chi connectivity index (χ4n) is 0.391. The van der Waals surface area contributed by atoms with Crippen LogP contribution in [0.25, 0.3) is 0 Å². The number of rotatable bonds is 4. The Bertz CT molecular complexity index is 152. The summed E-state index contributed by atoms with van der Waals surface area (Å²) in [6.07, 6.45) is -0.500. The molecule has 0 aromatic carbocycles. The molecule has 0 rings (SSSR count). The van der Waals surface area contributed by atoms with E-state index in [1.165, 1.54) is 0 Å². The number of carbonyl (C=O) groups is 2. The zero-order chi connectivity index (χ0) is 8.15. The van der Waals surface area contributed by atoms with Crippen molar-refractivity contribution in [1.82, 2.24) is 0 Å². The van der Waals surface area contributed by atoms with Gasteiger partial charge in [0, 0.05) is 12.0 Å². The molecule has 0 bridgehead atoms. The van der Waals surface area contributed by atoms with E-state index in [4.69, 9.17) is 5.73 Å². The third kappa shape index (κ3) is 14.2. The monoisotopic (exact) mass is 244 g/mol. The van der Waals surface area contributed by atoms with Crippen LogP contribution in [0.5, 0.6) is 0 Å². The number of nitrogens with two attached hydrogens (primary N) is 1. The summed E-state index contributed by atoms with van der Waals surface area (Å²) in [5.74, 6) is -2.75. The largest absolute Gasteiger partial charge is 2.00 e. The van der Waals surface area contributed by atoms with Gasteiger partial charge in [0.05, 0.1) is 5.97 Å². The standard InChI is InChI=1S/C5H9NO4.Cu.2H2O/c6-3(5(9)10)1-2-4(7)8;;;/h3H,1-2,6H2,(H,7,8)(H,9,10);;2*1H2/q;+2;;/p-2/t3-;;;/m0.../s1. The third-order valence-electron chi connectivity index (χ3n) is 0.962. The van der Waals surface area contributed by atoms with E-state index in [1.807, 2.05) is 0 Å². The minimum atomic E-state index is -1.44. The Balaban J connectivity index is -0.000000135. The molecule has 0 aliphatic carbocycles. The van der Waals surface area contributed by atoms with Gasteiger partial charge in [-0.3, -0.25) is 0 Å². The van der Waals surface area contributed by atoms with Gasteiger partial charge >= 0.3 is 17.1 Å². The molecule has 0 fully saturated rings. The van der Waals surface area contributed by atoms with Gasteiger partial charge in [-0.2, -0.15) is 0 Å². The van der Waals surface area contributed by atoms with Crippen molar-refractivity contribution in [2.24, 2.45) is 5.73 Å². The molecule has 83 valence electrons. The van der Waals surface area contributed by atoms with E-state index in [0.29, 0.717) is 0 Å². The van der Waals surface area contributed by atoms with Crippen molar-refractivity contribution in [3.63, 3.8) is 0 Å². The number of aliphatic carboxylic acids is 2. The predicted molar refractivity (Wildman–Crippen MR) is 34.5 cm³/mol. The maximum absolute atomic E-state index is 9.86. The molecule has 0 saturated carbocycles. The Morgan fingerprint density at radius 2 is 1.62 bits per heavy atom. The average Bonchev–Trinajstić information content (AvgIpc) is 1.82. The molecule has 0 unspecified atom stereocenters. The Labute approximate surface area is 85.0 Å². The molecule has 7 nitrogen and oxygen atoms in total. The van der Waals surface area contributed by atoms with E-state index in [-0.39, 0.29) is 40.9 Å². The van der Waals surface area contributed by atoms with Crippen molar-refractivity contribution in [2.45, 2.75) is 18.9 Å². The summed E-state index contributed by atoms with van der Waals surface area (Å²) in [6.45, 7) is 0. The Morgan fingerprint density at radius 3 is 1.85 bits per heavy atom. The van der Waals surface area contributed by atoms with Crippen LogP contribution in [0.3, 0.4) is 0 Å². The summed E-state index contributed by atoms with van der Waals surface area (Å²) in [6, 6.07) is -1.21. The molecule has 1 atom stereocenters. The molecule has 6 N–H and O–H groups in total. The minimum absolute atomic E-state index is 0. The van der Waals surface area contributed by atoms with Crippen LogP contribution in [-0.4, -0.2) is 28.9 Å². The molecule has 0 aromatic rings. The fraction of sp³-hybridized carbons (Fsp3) is 0.600. The maximum atomic E-state index is 9.86. The second-order valence-electron chi connectivity index (χ2n) is 1.84. The van der Waals surface area contributed by atoms with Gasteiger partial charge in [-0.15, -0.1) is 0 Å². The fourth-order valence-corrected chi connectivity index (χ4v) is 0.391. The second kappa shape index (κ2) is 11.3.